The van der Waals surface area contributed by atoms with Crippen LogP contribution in [-0.4, -0.2) is 54.8 Å². The van der Waals surface area contributed by atoms with Crippen LogP contribution in [0.2, 0.25) is 0 Å². The Bertz CT molecular complexity index is 459. The number of nitrogens with two attached hydrogens (primary N) is 1. The molecule has 2 unspecified atom stereocenters. The van der Waals surface area contributed by atoms with Crippen molar-refractivity contribution >= 4 is 10.0 Å². The van der Waals surface area contributed by atoms with Crippen molar-refractivity contribution in [2.24, 2.45) is 5.73 Å². The van der Waals surface area contributed by atoms with Gasteiger partial charge in [-0.25, -0.2) is 8.42 Å². The lowest BCUT2D eigenvalue weighted by atomic mass is 10.2. The van der Waals surface area contributed by atoms with Gasteiger partial charge in [0.05, 0.1) is 18.9 Å². The Kier molecular flexibility index (Phi) is 3.48. The van der Waals surface area contributed by atoms with Gasteiger partial charge in [0.15, 0.2) is 5.03 Å². The Hall–Kier alpha value is -0.960. The zero-order valence-electron chi connectivity index (χ0n) is 9.54. The van der Waals surface area contributed by atoms with Crippen LogP contribution >= 0.6 is 0 Å². The molecule has 8 heteroatoms. The highest BCUT2D eigenvalue weighted by atomic mass is 32.2. The van der Waals surface area contributed by atoms with Crippen LogP contribution in [0.4, 0.5) is 0 Å². The SMILES string of the molecule is CC1COC(CN)CN1S(=O)(=O)c1ccn[nH]1. The van der Waals surface area contributed by atoms with E-state index in [0.717, 1.165) is 0 Å². The molecule has 1 fully saturated rings. The fraction of sp³-hybridized carbons (Fsp3) is 0.667. The van der Waals surface area contributed by atoms with Crippen LogP contribution in [0.25, 0.3) is 0 Å². The van der Waals surface area contributed by atoms with Crippen molar-refractivity contribution in [1.29, 1.82) is 0 Å². The molecule has 0 aromatic carbocycles. The summed E-state index contributed by atoms with van der Waals surface area (Å²) < 4.78 is 31.4. The molecule has 17 heavy (non-hydrogen) atoms. The van der Waals surface area contributed by atoms with E-state index in [0.29, 0.717) is 13.2 Å². The number of morpholine rings is 1. The van der Waals surface area contributed by atoms with E-state index in [1.165, 1.54) is 16.6 Å². The molecule has 0 aliphatic carbocycles. The molecular formula is C9H16N4O3S. The molecule has 1 aromatic rings. The van der Waals surface area contributed by atoms with Crippen molar-refractivity contribution in [2.45, 2.75) is 24.1 Å². The molecule has 0 amide bonds. The Morgan fingerprint density at radius 3 is 3.06 bits per heavy atom. The standard InChI is InChI=1S/C9H16N4O3S/c1-7-6-16-8(4-10)5-13(7)17(14,15)9-2-3-11-12-9/h2-3,7-8H,4-6,10H2,1H3,(H,11,12). The van der Waals surface area contributed by atoms with E-state index in [4.69, 9.17) is 10.5 Å². The molecule has 2 atom stereocenters. The highest BCUT2D eigenvalue weighted by Gasteiger charge is 2.35. The molecule has 1 saturated heterocycles. The second-order valence-corrected chi connectivity index (χ2v) is 5.89. The predicted molar refractivity (Wildman–Crippen MR) is 60.7 cm³/mol. The number of nitrogens with one attached hydrogen (secondary N) is 1. The summed E-state index contributed by atoms with van der Waals surface area (Å²) in [7, 11) is -3.53. The Morgan fingerprint density at radius 1 is 1.71 bits per heavy atom. The average Bonchev–Trinajstić information content (AvgIpc) is 2.83. The number of aromatic nitrogens is 2. The third kappa shape index (κ3) is 2.34. The first-order valence-electron chi connectivity index (χ1n) is 5.38. The first-order chi connectivity index (χ1) is 8.05. The monoisotopic (exact) mass is 260 g/mol. The fourth-order valence-electron chi connectivity index (χ4n) is 1.78. The zero-order valence-corrected chi connectivity index (χ0v) is 10.4. The topological polar surface area (TPSA) is 101 Å². The number of rotatable bonds is 3. The van der Waals surface area contributed by atoms with Crippen LogP contribution in [0.1, 0.15) is 6.92 Å². The Morgan fingerprint density at radius 2 is 2.47 bits per heavy atom. The quantitative estimate of drug-likeness (QED) is 0.737. The maximum absolute atomic E-state index is 12.3. The number of hydrogen-bond donors (Lipinski definition) is 2. The van der Waals surface area contributed by atoms with Crippen molar-refractivity contribution in [2.75, 3.05) is 19.7 Å². The third-order valence-corrected chi connectivity index (χ3v) is 4.68. The van der Waals surface area contributed by atoms with Crippen LogP contribution in [0, 0.1) is 0 Å². The normalized spacial score (nSPS) is 27.2. The van der Waals surface area contributed by atoms with Gasteiger partial charge in [0.2, 0.25) is 0 Å². The zero-order chi connectivity index (χ0) is 12.5. The highest BCUT2D eigenvalue weighted by molar-refractivity contribution is 7.89. The lowest BCUT2D eigenvalue weighted by Crippen LogP contribution is -2.52. The van der Waals surface area contributed by atoms with E-state index in [1.54, 1.807) is 6.92 Å². The maximum Gasteiger partial charge on any atom is 0.260 e. The second-order valence-electron chi connectivity index (χ2n) is 4.04. The van der Waals surface area contributed by atoms with Crippen molar-refractivity contribution in [3.05, 3.63) is 12.3 Å². The number of ether oxygens (including phenoxy) is 1. The van der Waals surface area contributed by atoms with Gasteiger partial charge in [-0.2, -0.15) is 9.40 Å². The molecule has 0 saturated carbocycles. The third-order valence-electron chi connectivity index (χ3n) is 2.77. The van der Waals surface area contributed by atoms with Gasteiger partial charge in [-0.1, -0.05) is 0 Å². The molecule has 2 rings (SSSR count). The molecule has 1 aliphatic rings. The number of aromatic amines is 1. The first kappa shape index (κ1) is 12.5. The van der Waals surface area contributed by atoms with Crippen LogP contribution in [0.5, 0.6) is 0 Å². The van der Waals surface area contributed by atoms with Crippen LogP contribution in [0.3, 0.4) is 0 Å². The number of sulfonamides is 1. The summed E-state index contributed by atoms with van der Waals surface area (Å²) in [6.45, 7) is 2.75. The summed E-state index contributed by atoms with van der Waals surface area (Å²) in [6.07, 6.45) is 1.17. The molecule has 0 spiro atoms. The number of nitrogens with zero attached hydrogens (tertiary/aromatic N) is 2. The van der Waals surface area contributed by atoms with Gasteiger partial charge in [0.25, 0.3) is 10.0 Å². The van der Waals surface area contributed by atoms with Crippen LogP contribution in [-0.2, 0) is 14.8 Å². The minimum Gasteiger partial charge on any atom is -0.374 e. The second kappa shape index (κ2) is 4.73. The minimum atomic E-state index is -3.53. The summed E-state index contributed by atoms with van der Waals surface area (Å²) in [5.41, 5.74) is 5.51. The molecule has 3 N–H and O–H groups in total. The van der Waals surface area contributed by atoms with E-state index in [9.17, 15) is 8.42 Å². The van der Waals surface area contributed by atoms with E-state index in [1.807, 2.05) is 0 Å². The smallest absolute Gasteiger partial charge is 0.260 e. The van der Waals surface area contributed by atoms with Gasteiger partial charge < -0.3 is 10.5 Å². The van der Waals surface area contributed by atoms with Gasteiger partial charge in [-0.3, -0.25) is 5.10 Å². The van der Waals surface area contributed by atoms with E-state index < -0.39 is 10.0 Å². The Labute approximate surface area is 100.0 Å². The predicted octanol–water partition coefficient (Wildman–Crippen LogP) is -0.854. The molecule has 1 aliphatic heterocycles. The summed E-state index contributed by atoms with van der Waals surface area (Å²) in [5, 5.41) is 6.24. The van der Waals surface area contributed by atoms with Gasteiger partial charge >= 0.3 is 0 Å². The lowest BCUT2D eigenvalue weighted by molar-refractivity contribution is -0.0220. The van der Waals surface area contributed by atoms with E-state index in [2.05, 4.69) is 10.2 Å². The highest BCUT2D eigenvalue weighted by Crippen LogP contribution is 2.20. The van der Waals surface area contributed by atoms with Gasteiger partial charge in [-0.05, 0) is 13.0 Å². The lowest BCUT2D eigenvalue weighted by Gasteiger charge is -2.36. The van der Waals surface area contributed by atoms with Gasteiger partial charge in [0.1, 0.15) is 0 Å². The summed E-state index contributed by atoms with van der Waals surface area (Å²) in [4.78, 5) is 0. The minimum absolute atomic E-state index is 0.0991. The molecule has 7 nitrogen and oxygen atoms in total. The summed E-state index contributed by atoms with van der Waals surface area (Å²) in [5.74, 6) is 0. The molecule has 2 heterocycles. The first-order valence-corrected chi connectivity index (χ1v) is 6.82. The number of H-pyrrole nitrogens is 1. The summed E-state index contributed by atoms with van der Waals surface area (Å²) in [6, 6.07) is 1.24. The molecule has 96 valence electrons. The van der Waals surface area contributed by atoms with Crippen molar-refractivity contribution < 1.29 is 13.2 Å². The number of hydrogen-bond acceptors (Lipinski definition) is 5. The molecule has 0 radical (unpaired) electrons. The van der Waals surface area contributed by atoms with Gasteiger partial charge in [-0.15, -0.1) is 0 Å². The maximum atomic E-state index is 12.3. The van der Waals surface area contributed by atoms with Crippen molar-refractivity contribution in [3.8, 4) is 0 Å². The Balaban J connectivity index is 2.26. The fourth-order valence-corrected chi connectivity index (χ4v) is 3.33. The molecule has 0 bridgehead atoms. The van der Waals surface area contributed by atoms with Crippen LogP contribution in [0.15, 0.2) is 17.3 Å². The van der Waals surface area contributed by atoms with Crippen molar-refractivity contribution in [1.82, 2.24) is 14.5 Å². The van der Waals surface area contributed by atoms with E-state index in [-0.39, 0.29) is 23.7 Å². The largest absolute Gasteiger partial charge is 0.374 e. The van der Waals surface area contributed by atoms with Crippen LogP contribution < -0.4 is 5.73 Å². The van der Waals surface area contributed by atoms with Crippen molar-refractivity contribution in [3.63, 3.8) is 0 Å². The molecule has 1 aromatic heterocycles. The summed E-state index contributed by atoms with van der Waals surface area (Å²) >= 11 is 0. The molecular weight excluding hydrogens is 244 g/mol. The average molecular weight is 260 g/mol. The van der Waals surface area contributed by atoms with E-state index >= 15 is 0 Å². The van der Waals surface area contributed by atoms with Gasteiger partial charge in [0, 0.05) is 19.1 Å².